The summed E-state index contributed by atoms with van der Waals surface area (Å²) in [6.07, 6.45) is 4.44. The number of nitrogens with zero attached hydrogens (tertiary/aromatic N) is 2. The van der Waals surface area contributed by atoms with Crippen LogP contribution >= 0.6 is 0 Å². The number of aromatic amines is 2. The maximum Gasteiger partial charge on any atom is 0.270 e. The van der Waals surface area contributed by atoms with E-state index in [1.165, 1.54) is 23.8 Å². The van der Waals surface area contributed by atoms with Gasteiger partial charge in [-0.05, 0) is 37.0 Å². The molecule has 0 spiro atoms. The number of rotatable bonds is 3. The van der Waals surface area contributed by atoms with Gasteiger partial charge in [0.2, 0.25) is 0 Å². The van der Waals surface area contributed by atoms with Gasteiger partial charge >= 0.3 is 0 Å². The summed E-state index contributed by atoms with van der Waals surface area (Å²) in [5, 5.41) is 7.48. The van der Waals surface area contributed by atoms with E-state index < -0.39 is 5.82 Å². The van der Waals surface area contributed by atoms with E-state index in [0.717, 1.165) is 25.0 Å². The minimum absolute atomic E-state index is 0.0771. The number of pyridine rings is 1. The fraction of sp³-hybridized carbons (Fsp3) is 0.350. The molecule has 0 unspecified atom stereocenters. The summed E-state index contributed by atoms with van der Waals surface area (Å²) in [6.45, 7) is 3.27. The number of amides is 1. The zero-order valence-corrected chi connectivity index (χ0v) is 15.1. The van der Waals surface area contributed by atoms with E-state index in [9.17, 15) is 14.0 Å². The molecular weight excluding hydrogens is 347 g/mol. The highest BCUT2D eigenvalue weighted by molar-refractivity contribution is 5.95. The molecule has 4 rings (SSSR count). The number of hydrogen-bond donors (Lipinski definition) is 2. The van der Waals surface area contributed by atoms with Crippen LogP contribution in [0.2, 0.25) is 0 Å². The first-order chi connectivity index (χ1) is 13.1. The van der Waals surface area contributed by atoms with Crippen LogP contribution in [-0.2, 0) is 6.42 Å². The van der Waals surface area contributed by atoms with Crippen molar-refractivity contribution in [2.24, 2.45) is 0 Å². The number of aromatic nitrogens is 3. The summed E-state index contributed by atoms with van der Waals surface area (Å²) in [6, 6.07) is 5.57. The van der Waals surface area contributed by atoms with Gasteiger partial charge in [0.15, 0.2) is 5.43 Å². The molecule has 3 aromatic rings. The number of carbonyl (C=O) groups is 1. The predicted molar refractivity (Wildman–Crippen MR) is 100 cm³/mol. The molecule has 2 N–H and O–H groups in total. The summed E-state index contributed by atoms with van der Waals surface area (Å²) in [7, 11) is 0. The van der Waals surface area contributed by atoms with Gasteiger partial charge < -0.3 is 9.88 Å². The fourth-order valence-electron chi connectivity index (χ4n) is 3.85. The first-order valence-electron chi connectivity index (χ1n) is 9.21. The van der Waals surface area contributed by atoms with Crippen molar-refractivity contribution in [2.75, 3.05) is 13.1 Å². The SMILES string of the molecule is CCc1cn[nH]c1C1CCN(C(=O)c2cc(=O)c3cccc(F)c3[nH]2)CC1. The molecule has 3 heterocycles. The van der Waals surface area contributed by atoms with Gasteiger partial charge in [-0.2, -0.15) is 5.10 Å². The average Bonchev–Trinajstić information content (AvgIpc) is 3.17. The molecule has 1 fully saturated rings. The van der Waals surface area contributed by atoms with E-state index >= 15 is 0 Å². The minimum atomic E-state index is -0.538. The molecule has 0 bridgehead atoms. The maximum absolute atomic E-state index is 14.0. The van der Waals surface area contributed by atoms with Gasteiger partial charge in [0, 0.05) is 36.2 Å². The number of fused-ring (bicyclic) bond motifs is 1. The molecule has 1 aliphatic heterocycles. The molecule has 27 heavy (non-hydrogen) atoms. The van der Waals surface area contributed by atoms with Gasteiger partial charge in [-0.15, -0.1) is 0 Å². The van der Waals surface area contributed by atoms with Crippen molar-refractivity contribution in [3.63, 3.8) is 0 Å². The van der Waals surface area contributed by atoms with Crippen molar-refractivity contribution in [1.82, 2.24) is 20.1 Å². The lowest BCUT2D eigenvalue weighted by atomic mass is 9.90. The molecular formula is C20H21FN4O2. The van der Waals surface area contributed by atoms with E-state index in [2.05, 4.69) is 22.1 Å². The van der Waals surface area contributed by atoms with Crippen molar-refractivity contribution in [3.05, 3.63) is 63.5 Å². The zero-order valence-electron chi connectivity index (χ0n) is 15.1. The molecule has 140 valence electrons. The molecule has 0 saturated carbocycles. The topological polar surface area (TPSA) is 81.8 Å². The van der Waals surface area contributed by atoms with E-state index in [1.54, 1.807) is 11.0 Å². The molecule has 2 aromatic heterocycles. The second kappa shape index (κ2) is 6.98. The van der Waals surface area contributed by atoms with E-state index in [-0.39, 0.29) is 27.9 Å². The quantitative estimate of drug-likeness (QED) is 0.746. The third-order valence-electron chi connectivity index (χ3n) is 5.37. The molecule has 1 amide bonds. The van der Waals surface area contributed by atoms with Crippen molar-refractivity contribution in [3.8, 4) is 0 Å². The molecule has 0 radical (unpaired) electrons. The molecule has 1 saturated heterocycles. The number of carbonyl (C=O) groups excluding carboxylic acids is 1. The summed E-state index contributed by atoms with van der Waals surface area (Å²) >= 11 is 0. The van der Waals surface area contributed by atoms with Crippen molar-refractivity contribution in [2.45, 2.75) is 32.1 Å². The Bertz CT molecular complexity index is 1050. The Kier molecular flexibility index (Phi) is 4.51. The second-order valence-electron chi connectivity index (χ2n) is 6.94. The predicted octanol–water partition coefficient (Wildman–Crippen LogP) is 2.97. The van der Waals surface area contributed by atoms with Crippen LogP contribution in [0.1, 0.15) is 47.4 Å². The van der Waals surface area contributed by atoms with E-state index in [0.29, 0.717) is 19.0 Å². The lowest BCUT2D eigenvalue weighted by molar-refractivity contribution is 0.0706. The van der Waals surface area contributed by atoms with Crippen LogP contribution in [0.5, 0.6) is 0 Å². The summed E-state index contributed by atoms with van der Waals surface area (Å²) in [5.41, 5.74) is 2.23. The Morgan fingerprint density at radius 3 is 2.85 bits per heavy atom. The molecule has 7 heteroatoms. The lowest BCUT2D eigenvalue weighted by Gasteiger charge is -2.32. The van der Waals surface area contributed by atoms with Gasteiger partial charge in [0.05, 0.1) is 11.7 Å². The number of likely N-dealkylation sites (tertiary alicyclic amines) is 1. The number of hydrogen-bond acceptors (Lipinski definition) is 3. The Labute approximate surface area is 155 Å². The first-order valence-corrected chi connectivity index (χ1v) is 9.21. The van der Waals surface area contributed by atoms with Crippen molar-refractivity contribution >= 4 is 16.8 Å². The molecule has 0 aliphatic carbocycles. The van der Waals surface area contributed by atoms with Crippen LogP contribution in [0.25, 0.3) is 10.9 Å². The molecule has 1 aromatic carbocycles. The number of piperidine rings is 1. The van der Waals surface area contributed by atoms with E-state index in [4.69, 9.17) is 0 Å². The monoisotopic (exact) mass is 368 g/mol. The van der Waals surface area contributed by atoms with Crippen molar-refractivity contribution in [1.29, 1.82) is 0 Å². The van der Waals surface area contributed by atoms with Gasteiger partial charge in [0.25, 0.3) is 5.91 Å². The highest BCUT2D eigenvalue weighted by atomic mass is 19.1. The van der Waals surface area contributed by atoms with Crippen LogP contribution in [0.4, 0.5) is 4.39 Å². The van der Waals surface area contributed by atoms with Gasteiger partial charge in [-0.3, -0.25) is 14.7 Å². The highest BCUT2D eigenvalue weighted by Gasteiger charge is 2.27. The first kappa shape index (κ1) is 17.5. The normalized spacial score (nSPS) is 15.4. The third kappa shape index (κ3) is 3.13. The van der Waals surface area contributed by atoms with Crippen LogP contribution in [0.3, 0.4) is 0 Å². The molecule has 1 aliphatic rings. The summed E-state index contributed by atoms with van der Waals surface area (Å²) < 4.78 is 14.0. The minimum Gasteiger partial charge on any atom is -0.348 e. The molecule has 6 nitrogen and oxygen atoms in total. The number of nitrogens with one attached hydrogen (secondary N) is 2. The second-order valence-corrected chi connectivity index (χ2v) is 6.94. The average molecular weight is 368 g/mol. The smallest absolute Gasteiger partial charge is 0.270 e. The van der Waals surface area contributed by atoms with Crippen LogP contribution in [0.15, 0.2) is 35.3 Å². The number of benzene rings is 1. The Morgan fingerprint density at radius 2 is 2.11 bits per heavy atom. The zero-order chi connectivity index (χ0) is 19.0. The van der Waals surface area contributed by atoms with Crippen LogP contribution in [-0.4, -0.2) is 39.1 Å². The fourth-order valence-corrected chi connectivity index (χ4v) is 3.85. The Balaban J connectivity index is 1.54. The number of H-pyrrole nitrogens is 2. The van der Waals surface area contributed by atoms with Crippen LogP contribution < -0.4 is 5.43 Å². The largest absolute Gasteiger partial charge is 0.348 e. The standard InChI is InChI=1S/C20H21FN4O2/c1-2-12-11-22-24-18(12)13-6-8-25(9-7-13)20(27)16-10-17(26)14-4-3-5-15(21)19(14)23-16/h3-5,10-11,13H,2,6-9H2,1H3,(H,22,24)(H,23,26). The van der Waals surface area contributed by atoms with Gasteiger partial charge in [0.1, 0.15) is 11.5 Å². The number of halogens is 1. The lowest BCUT2D eigenvalue weighted by Crippen LogP contribution is -2.38. The van der Waals surface area contributed by atoms with Gasteiger partial charge in [-0.1, -0.05) is 13.0 Å². The number of aryl methyl sites for hydroxylation is 1. The Morgan fingerprint density at radius 1 is 1.33 bits per heavy atom. The number of para-hydroxylation sites is 1. The van der Waals surface area contributed by atoms with E-state index in [1.807, 2.05) is 6.20 Å². The van der Waals surface area contributed by atoms with Gasteiger partial charge in [-0.25, -0.2) is 4.39 Å². The van der Waals surface area contributed by atoms with Crippen molar-refractivity contribution < 1.29 is 9.18 Å². The molecule has 0 atom stereocenters. The summed E-state index contributed by atoms with van der Waals surface area (Å²) in [4.78, 5) is 29.6. The summed E-state index contributed by atoms with van der Waals surface area (Å²) in [5.74, 6) is -0.458. The third-order valence-corrected chi connectivity index (χ3v) is 5.37. The van der Waals surface area contributed by atoms with Crippen LogP contribution in [0, 0.1) is 5.82 Å². The maximum atomic E-state index is 14.0. The highest BCUT2D eigenvalue weighted by Crippen LogP contribution is 2.29. The Hall–Kier alpha value is -2.96.